The van der Waals surface area contributed by atoms with Gasteiger partial charge >= 0.3 is 0 Å². The molecule has 1 heterocycles. The molecule has 0 bridgehead atoms. The molecule has 2 aliphatic rings. The third-order valence-corrected chi connectivity index (χ3v) is 6.59. The summed E-state index contributed by atoms with van der Waals surface area (Å²) in [7, 11) is 0. The molecule has 182 valence electrons. The molecule has 0 unspecified atom stereocenters. The monoisotopic (exact) mass is 462 g/mol. The molecule has 33 heavy (non-hydrogen) atoms. The lowest BCUT2D eigenvalue weighted by molar-refractivity contribution is -0.294. The molecule has 4 rings (SSSR count). The molecule has 0 radical (unpaired) electrons. The van der Waals surface area contributed by atoms with Crippen molar-refractivity contribution in [1.29, 1.82) is 0 Å². The second-order valence-corrected chi connectivity index (χ2v) is 8.95. The van der Waals surface area contributed by atoms with Gasteiger partial charge in [0, 0.05) is 18.6 Å². The summed E-state index contributed by atoms with van der Waals surface area (Å²) >= 11 is 0. The average molecular weight is 463 g/mol. The number of aliphatic hydroxyl groups excluding tert-OH is 3. The molecular weight excluding hydrogens is 428 g/mol. The zero-order valence-corrected chi connectivity index (χ0v) is 18.3. The Balaban J connectivity index is 1.42. The molecule has 1 aliphatic heterocycles. The smallest absolute Gasteiger partial charge is 0.176 e. The van der Waals surface area contributed by atoms with Gasteiger partial charge in [0.05, 0.1) is 18.8 Å². The van der Waals surface area contributed by atoms with Gasteiger partial charge < -0.3 is 52.5 Å². The lowest BCUT2D eigenvalue weighted by Gasteiger charge is -2.46. The Morgan fingerprint density at radius 2 is 1.61 bits per heavy atom. The van der Waals surface area contributed by atoms with Crippen molar-refractivity contribution >= 4 is 10.8 Å². The molecule has 2 fully saturated rings. The van der Waals surface area contributed by atoms with Gasteiger partial charge in [-0.3, -0.25) is 0 Å². The minimum Gasteiger partial charge on any atom is -0.389 e. The Labute approximate surface area is 192 Å². The number of rotatable bonds is 6. The molecular formula is C23H34N4O6. The van der Waals surface area contributed by atoms with Gasteiger partial charge in [0.25, 0.3) is 0 Å². The van der Waals surface area contributed by atoms with Gasteiger partial charge in [0.15, 0.2) is 6.29 Å². The minimum absolute atomic E-state index is 0.0544. The lowest BCUT2D eigenvalue weighted by atomic mass is 9.84. The molecule has 11 N–H and O–H groups in total. The van der Waals surface area contributed by atoms with Crippen molar-refractivity contribution in [1.82, 2.24) is 0 Å². The van der Waals surface area contributed by atoms with Crippen LogP contribution in [0.4, 0.5) is 0 Å². The van der Waals surface area contributed by atoms with Gasteiger partial charge in [0.2, 0.25) is 0 Å². The summed E-state index contributed by atoms with van der Waals surface area (Å²) in [5, 5.41) is 33.6. The summed E-state index contributed by atoms with van der Waals surface area (Å²) in [6.45, 7) is 0.291. The normalized spacial score (nSPS) is 39.6. The minimum atomic E-state index is -1.31. The van der Waals surface area contributed by atoms with E-state index in [0.29, 0.717) is 0 Å². The van der Waals surface area contributed by atoms with Gasteiger partial charge in [0.1, 0.15) is 30.5 Å². The number of hydrogen-bond acceptors (Lipinski definition) is 10. The number of fused-ring (bicyclic) bond motifs is 1. The third kappa shape index (κ3) is 5.05. The van der Waals surface area contributed by atoms with E-state index in [1.54, 1.807) is 0 Å². The van der Waals surface area contributed by atoms with Crippen molar-refractivity contribution in [2.75, 3.05) is 6.54 Å². The first-order valence-electron chi connectivity index (χ1n) is 11.2. The molecule has 0 amide bonds. The Morgan fingerprint density at radius 1 is 0.879 bits per heavy atom. The Hall–Kier alpha value is -1.70. The van der Waals surface area contributed by atoms with Crippen molar-refractivity contribution in [2.45, 2.75) is 74.1 Å². The zero-order valence-electron chi connectivity index (χ0n) is 18.3. The van der Waals surface area contributed by atoms with Gasteiger partial charge in [-0.1, -0.05) is 36.4 Å². The maximum Gasteiger partial charge on any atom is 0.176 e. The Morgan fingerprint density at radius 3 is 2.33 bits per heavy atom. The summed E-state index contributed by atoms with van der Waals surface area (Å²) in [6.07, 6.45) is -6.92. The summed E-state index contributed by atoms with van der Waals surface area (Å²) in [5.41, 5.74) is 24.9. The molecule has 0 spiro atoms. The van der Waals surface area contributed by atoms with Crippen LogP contribution in [0.5, 0.6) is 0 Å². The predicted molar refractivity (Wildman–Crippen MR) is 122 cm³/mol. The molecule has 0 aromatic heterocycles. The highest BCUT2D eigenvalue weighted by molar-refractivity contribution is 5.82. The Kier molecular flexibility index (Phi) is 7.61. The highest BCUT2D eigenvalue weighted by Crippen LogP contribution is 2.28. The summed E-state index contributed by atoms with van der Waals surface area (Å²) in [4.78, 5) is 0. The van der Waals surface area contributed by atoms with E-state index in [4.69, 9.17) is 37.1 Å². The van der Waals surface area contributed by atoms with E-state index in [-0.39, 0.29) is 19.6 Å². The maximum atomic E-state index is 10.9. The number of nitrogens with two attached hydrogens (primary N) is 4. The van der Waals surface area contributed by atoms with Crippen LogP contribution in [0.15, 0.2) is 42.5 Å². The summed E-state index contributed by atoms with van der Waals surface area (Å²) < 4.78 is 17.7. The zero-order chi connectivity index (χ0) is 23.7. The largest absolute Gasteiger partial charge is 0.389 e. The second kappa shape index (κ2) is 10.3. The third-order valence-electron chi connectivity index (χ3n) is 6.59. The topological polar surface area (TPSA) is 192 Å². The fraction of sp³-hybridized carbons (Fsp3) is 0.565. The molecule has 1 saturated carbocycles. The quantitative estimate of drug-likeness (QED) is 0.259. The molecule has 2 aromatic rings. The average Bonchev–Trinajstić information content (AvgIpc) is 2.82. The number of ether oxygens (including phenoxy) is 3. The fourth-order valence-electron chi connectivity index (χ4n) is 4.60. The highest BCUT2D eigenvalue weighted by Gasteiger charge is 2.48. The fourth-order valence-corrected chi connectivity index (χ4v) is 4.60. The van der Waals surface area contributed by atoms with Crippen LogP contribution in [-0.2, 0) is 20.8 Å². The first kappa shape index (κ1) is 24.4. The summed E-state index contributed by atoms with van der Waals surface area (Å²) in [6, 6.07) is 11.7. The molecule has 10 nitrogen and oxygen atoms in total. The van der Waals surface area contributed by atoms with E-state index in [0.717, 1.165) is 16.3 Å². The standard InChI is InChI=1S/C23H34N4O6/c24-9-16-22(31-10-11-5-6-12-3-1-2-4-13(12)7-11)19(29)17(27)23(32-16)33-21-15(26)8-14(25)18(28)20(21)30/h1-7,14-23,28-30H,8-10,24-27H2/t14-,15+,16-,17-,18+,19-,20-,21-,22-,23-/m1/s1. The van der Waals surface area contributed by atoms with Crippen LogP contribution in [0.3, 0.4) is 0 Å². The van der Waals surface area contributed by atoms with Crippen LogP contribution >= 0.6 is 0 Å². The molecule has 10 heteroatoms. The maximum absolute atomic E-state index is 10.9. The van der Waals surface area contributed by atoms with Crippen LogP contribution in [-0.4, -0.2) is 82.9 Å². The van der Waals surface area contributed by atoms with Crippen molar-refractivity contribution in [2.24, 2.45) is 22.9 Å². The molecule has 1 saturated heterocycles. The number of aliphatic hydroxyl groups is 3. The van der Waals surface area contributed by atoms with Crippen LogP contribution in [0, 0.1) is 0 Å². The van der Waals surface area contributed by atoms with E-state index < -0.39 is 61.0 Å². The van der Waals surface area contributed by atoms with E-state index in [1.165, 1.54) is 0 Å². The van der Waals surface area contributed by atoms with Gasteiger partial charge in [-0.15, -0.1) is 0 Å². The van der Waals surface area contributed by atoms with Gasteiger partial charge in [-0.25, -0.2) is 0 Å². The van der Waals surface area contributed by atoms with E-state index in [1.807, 2.05) is 42.5 Å². The number of benzene rings is 2. The molecule has 1 aliphatic carbocycles. The van der Waals surface area contributed by atoms with Crippen molar-refractivity contribution in [3.8, 4) is 0 Å². The van der Waals surface area contributed by atoms with Crippen LogP contribution < -0.4 is 22.9 Å². The van der Waals surface area contributed by atoms with E-state index in [9.17, 15) is 15.3 Å². The Bertz CT molecular complexity index is 933. The SMILES string of the molecule is NC[C@H]1O[C@H](O[C@H]2[C@H](O)[C@@H](O)[C@H](N)C[C@@H]2N)[C@H](N)[C@@H](O)[C@@H]1OCc1ccc2ccccc2c1. The first-order chi connectivity index (χ1) is 15.8. The second-order valence-electron chi connectivity index (χ2n) is 8.95. The summed E-state index contributed by atoms with van der Waals surface area (Å²) in [5.74, 6) is 0. The van der Waals surface area contributed by atoms with Crippen LogP contribution in [0.25, 0.3) is 10.8 Å². The molecule has 2 aromatic carbocycles. The van der Waals surface area contributed by atoms with Gasteiger partial charge in [-0.2, -0.15) is 0 Å². The van der Waals surface area contributed by atoms with Crippen molar-refractivity contribution in [3.05, 3.63) is 48.0 Å². The number of hydrogen-bond donors (Lipinski definition) is 7. The predicted octanol–water partition coefficient (Wildman–Crippen LogP) is -1.74. The van der Waals surface area contributed by atoms with Crippen LogP contribution in [0.1, 0.15) is 12.0 Å². The lowest BCUT2D eigenvalue weighted by Crippen LogP contribution is -2.67. The van der Waals surface area contributed by atoms with Crippen molar-refractivity contribution < 1.29 is 29.5 Å². The van der Waals surface area contributed by atoms with Crippen molar-refractivity contribution in [3.63, 3.8) is 0 Å². The highest BCUT2D eigenvalue weighted by atomic mass is 16.7. The van der Waals surface area contributed by atoms with Gasteiger partial charge in [-0.05, 0) is 28.8 Å². The van der Waals surface area contributed by atoms with E-state index in [2.05, 4.69) is 0 Å². The van der Waals surface area contributed by atoms with E-state index >= 15 is 0 Å². The first-order valence-corrected chi connectivity index (χ1v) is 11.2. The molecule has 10 atom stereocenters. The van der Waals surface area contributed by atoms with Crippen LogP contribution in [0.2, 0.25) is 0 Å².